The Hall–Kier alpha value is -3.36. The Morgan fingerprint density at radius 1 is 1.14 bits per heavy atom. The van der Waals surface area contributed by atoms with Gasteiger partial charge in [-0.2, -0.15) is 0 Å². The van der Waals surface area contributed by atoms with Crippen molar-refractivity contribution in [3.05, 3.63) is 47.6 Å². The van der Waals surface area contributed by atoms with E-state index in [0.29, 0.717) is 30.1 Å². The molecule has 3 fully saturated rings. The Bertz CT molecular complexity index is 1560. The van der Waals surface area contributed by atoms with Crippen LogP contribution >= 0.6 is 11.3 Å². The molecule has 0 spiro atoms. The maximum atomic E-state index is 14.0. The summed E-state index contributed by atoms with van der Waals surface area (Å²) < 4.78 is 40.7. The van der Waals surface area contributed by atoms with Crippen molar-refractivity contribution in [1.29, 1.82) is 0 Å². The third-order valence-electron chi connectivity index (χ3n) is 8.80. The normalized spacial score (nSPS) is 30.3. The van der Waals surface area contributed by atoms with Gasteiger partial charge in [0.2, 0.25) is 21.8 Å². The zero-order chi connectivity index (χ0) is 31.1. The Labute approximate surface area is 259 Å². The van der Waals surface area contributed by atoms with E-state index < -0.39 is 50.8 Å². The van der Waals surface area contributed by atoms with Crippen LogP contribution in [0.5, 0.6) is 0 Å². The monoisotopic (exact) mass is 645 g/mol. The molecular formula is C30H36FN5O6S2. The van der Waals surface area contributed by atoms with Crippen molar-refractivity contribution in [2.24, 2.45) is 5.92 Å². The zero-order valence-corrected chi connectivity index (χ0v) is 25.7. The fourth-order valence-corrected chi connectivity index (χ4v) is 8.16. The molecule has 4 N–H and O–H groups in total. The summed E-state index contributed by atoms with van der Waals surface area (Å²) in [4.78, 5) is 47.0. The number of hydrogen-bond acceptors (Lipinski definition) is 9. The molecule has 2 aromatic rings. The number of rotatable bonds is 6. The summed E-state index contributed by atoms with van der Waals surface area (Å²) in [6, 6.07) is 4.21. The third kappa shape index (κ3) is 6.52. The molecule has 1 saturated heterocycles. The van der Waals surface area contributed by atoms with Gasteiger partial charge in [-0.3, -0.25) is 19.1 Å². The Morgan fingerprint density at radius 3 is 2.66 bits per heavy atom. The van der Waals surface area contributed by atoms with Crippen LogP contribution in [-0.4, -0.2) is 76.7 Å². The van der Waals surface area contributed by atoms with Crippen molar-refractivity contribution < 1.29 is 32.3 Å². The number of hydrogen-bond donors (Lipinski definition) is 4. The number of aliphatic hydroxyl groups excluding tert-OH is 1. The van der Waals surface area contributed by atoms with Gasteiger partial charge in [-0.25, -0.2) is 17.8 Å². The van der Waals surface area contributed by atoms with E-state index in [2.05, 4.69) is 20.3 Å². The van der Waals surface area contributed by atoms with Crippen LogP contribution in [0.25, 0.3) is 11.3 Å². The number of fused-ring (bicyclic) bond motifs is 2. The molecule has 2 aliphatic heterocycles. The number of thiazole rings is 1. The second-order valence-electron chi connectivity index (χ2n) is 12.2. The molecule has 6 rings (SSSR count). The maximum Gasteiger partial charge on any atom is 0.259 e. The SMILES string of the molecule is O=C1N[C@]2(C(=O)NS(=O)(=O)C3CC3)C[C@H]2/C=C\CCCCC[C@H](Nc2nc(-c3ccc(F)cc3)cs2)C(=O)N2C[C@H](O)C[C@@H]12. The molecule has 0 bridgehead atoms. The number of nitrogens with one attached hydrogen (secondary N) is 3. The molecule has 1 aromatic carbocycles. The number of allylic oxidation sites excluding steroid dienone is 1. The average Bonchev–Trinajstić information content (AvgIpc) is 3.87. The van der Waals surface area contributed by atoms with Gasteiger partial charge in [-0.05, 0) is 62.8 Å². The predicted molar refractivity (Wildman–Crippen MR) is 162 cm³/mol. The van der Waals surface area contributed by atoms with E-state index in [4.69, 9.17) is 0 Å². The lowest BCUT2D eigenvalue weighted by molar-refractivity contribution is -0.140. The molecule has 3 amide bonds. The van der Waals surface area contributed by atoms with Crippen molar-refractivity contribution >= 4 is 44.2 Å². The highest BCUT2D eigenvalue weighted by Gasteiger charge is 2.62. The van der Waals surface area contributed by atoms with Crippen LogP contribution in [0.2, 0.25) is 0 Å². The summed E-state index contributed by atoms with van der Waals surface area (Å²) in [7, 11) is -3.83. The first kappa shape index (κ1) is 30.7. The molecule has 4 aliphatic rings. The molecule has 5 atom stereocenters. The number of sulfonamides is 1. The molecule has 2 aliphatic carbocycles. The quantitative estimate of drug-likeness (QED) is 0.350. The van der Waals surface area contributed by atoms with Gasteiger partial charge in [-0.15, -0.1) is 11.3 Å². The van der Waals surface area contributed by atoms with Gasteiger partial charge in [-0.1, -0.05) is 25.0 Å². The summed E-state index contributed by atoms with van der Waals surface area (Å²) in [5.74, 6) is -2.47. The summed E-state index contributed by atoms with van der Waals surface area (Å²) in [6.07, 6.45) is 7.75. The molecule has 44 heavy (non-hydrogen) atoms. The number of benzene rings is 1. The van der Waals surface area contributed by atoms with Gasteiger partial charge < -0.3 is 20.6 Å². The summed E-state index contributed by atoms with van der Waals surface area (Å²) in [6.45, 7) is -0.0492. The zero-order valence-electron chi connectivity index (χ0n) is 24.1. The van der Waals surface area contributed by atoms with Crippen LogP contribution in [0.3, 0.4) is 0 Å². The largest absolute Gasteiger partial charge is 0.391 e. The fourth-order valence-electron chi connectivity index (χ4n) is 6.02. The Kier molecular flexibility index (Phi) is 8.50. The number of aliphatic hydroxyl groups is 1. The Morgan fingerprint density at radius 2 is 1.91 bits per heavy atom. The fraction of sp³-hybridized carbons (Fsp3) is 0.533. The molecule has 1 aromatic heterocycles. The highest BCUT2D eigenvalue weighted by atomic mass is 32.2. The first-order chi connectivity index (χ1) is 21.1. The smallest absolute Gasteiger partial charge is 0.259 e. The predicted octanol–water partition coefficient (Wildman–Crippen LogP) is 2.70. The van der Waals surface area contributed by atoms with Crippen molar-refractivity contribution in [3.8, 4) is 11.3 Å². The van der Waals surface area contributed by atoms with Gasteiger partial charge in [0, 0.05) is 29.8 Å². The first-order valence-electron chi connectivity index (χ1n) is 15.1. The summed E-state index contributed by atoms with van der Waals surface area (Å²) >= 11 is 1.31. The number of amides is 3. The average molecular weight is 646 g/mol. The van der Waals surface area contributed by atoms with Crippen LogP contribution in [0.15, 0.2) is 41.8 Å². The maximum absolute atomic E-state index is 14.0. The molecular weight excluding hydrogens is 609 g/mol. The van der Waals surface area contributed by atoms with E-state index in [1.54, 1.807) is 12.1 Å². The highest BCUT2D eigenvalue weighted by Crippen LogP contribution is 2.46. The van der Waals surface area contributed by atoms with Crippen molar-refractivity contribution in [1.82, 2.24) is 19.9 Å². The number of halogens is 1. The standard InChI is InChI=1S/C30H36FN5O6S2/c31-20-10-8-18(9-11-20)24-17-43-29(33-24)32-23-7-5-3-1-2-4-6-19-15-30(19,28(40)35-44(41,42)22-12-13-22)34-26(38)25-14-21(37)16-36(25)27(23)39/h4,6,8-11,17,19,21-23,25,37H,1-3,5,7,12-16H2,(H,32,33)(H,34,38)(H,35,40)/b6-4-/t19-,21-,23+,25+,30-/m1/s1. The lowest BCUT2D eigenvalue weighted by Gasteiger charge is -2.30. The van der Waals surface area contributed by atoms with Crippen LogP contribution in [-0.2, 0) is 24.4 Å². The number of aromatic nitrogens is 1. The minimum atomic E-state index is -3.83. The van der Waals surface area contributed by atoms with Crippen LogP contribution in [0.1, 0.15) is 57.8 Å². The third-order valence-corrected chi connectivity index (χ3v) is 11.4. The van der Waals surface area contributed by atoms with E-state index in [0.717, 1.165) is 31.2 Å². The minimum Gasteiger partial charge on any atom is -0.391 e. The van der Waals surface area contributed by atoms with E-state index in [9.17, 15) is 32.3 Å². The summed E-state index contributed by atoms with van der Waals surface area (Å²) in [5.41, 5.74) is -0.0698. The van der Waals surface area contributed by atoms with Crippen LogP contribution < -0.4 is 15.4 Å². The van der Waals surface area contributed by atoms with Gasteiger partial charge in [0.25, 0.3) is 5.91 Å². The van der Waals surface area contributed by atoms with Gasteiger partial charge in [0.15, 0.2) is 5.13 Å². The number of carbonyl (C=O) groups is 3. The topological polar surface area (TPSA) is 158 Å². The molecule has 2 saturated carbocycles. The molecule has 0 radical (unpaired) electrons. The molecule has 14 heteroatoms. The second-order valence-corrected chi connectivity index (χ2v) is 15.0. The number of carbonyl (C=O) groups excluding carboxylic acids is 3. The van der Waals surface area contributed by atoms with E-state index >= 15 is 0 Å². The van der Waals surface area contributed by atoms with Gasteiger partial charge in [0.1, 0.15) is 23.4 Å². The molecule has 0 unspecified atom stereocenters. The lowest BCUT2D eigenvalue weighted by atomic mass is 10.1. The van der Waals surface area contributed by atoms with Crippen molar-refractivity contribution in [2.75, 3.05) is 11.9 Å². The lowest BCUT2D eigenvalue weighted by Crippen LogP contribution is -2.57. The first-order valence-corrected chi connectivity index (χ1v) is 17.5. The molecule has 236 valence electrons. The molecule has 11 nitrogen and oxygen atoms in total. The number of anilines is 1. The van der Waals surface area contributed by atoms with Crippen molar-refractivity contribution in [2.45, 2.75) is 86.8 Å². The van der Waals surface area contributed by atoms with Gasteiger partial charge in [0.05, 0.1) is 17.0 Å². The van der Waals surface area contributed by atoms with E-state index in [1.165, 1.54) is 28.4 Å². The van der Waals surface area contributed by atoms with Crippen LogP contribution in [0.4, 0.5) is 9.52 Å². The second kappa shape index (κ2) is 12.2. The van der Waals surface area contributed by atoms with E-state index in [-0.39, 0.29) is 37.0 Å². The Balaban J connectivity index is 1.23. The molecule has 3 heterocycles. The van der Waals surface area contributed by atoms with Crippen molar-refractivity contribution in [3.63, 3.8) is 0 Å². The summed E-state index contributed by atoms with van der Waals surface area (Å²) in [5, 5.41) is 18.3. The van der Waals surface area contributed by atoms with Gasteiger partial charge >= 0.3 is 0 Å². The highest BCUT2D eigenvalue weighted by molar-refractivity contribution is 7.91. The van der Waals surface area contributed by atoms with Crippen LogP contribution in [0, 0.1) is 11.7 Å². The minimum absolute atomic E-state index is 0.00512. The van der Waals surface area contributed by atoms with E-state index in [1.807, 2.05) is 17.5 Å². The number of nitrogens with zero attached hydrogens (tertiary/aromatic N) is 2.